The van der Waals surface area contributed by atoms with Crippen molar-refractivity contribution in [3.05, 3.63) is 115 Å². The maximum absolute atomic E-state index is 4.83. The first-order valence-corrected chi connectivity index (χ1v) is 11.0. The van der Waals surface area contributed by atoms with Crippen molar-refractivity contribution in [1.82, 2.24) is 4.98 Å². The molecule has 0 amide bonds. The van der Waals surface area contributed by atoms with Gasteiger partial charge in [-0.2, -0.15) is 0 Å². The van der Waals surface area contributed by atoms with E-state index in [1.807, 2.05) is 6.20 Å². The third kappa shape index (κ3) is 2.48. The van der Waals surface area contributed by atoms with Gasteiger partial charge in [0.2, 0.25) is 0 Å². The van der Waals surface area contributed by atoms with Crippen molar-refractivity contribution < 1.29 is 0 Å². The third-order valence-electron chi connectivity index (χ3n) is 6.69. The molecule has 0 aliphatic carbocycles. The Labute approximate surface area is 185 Å². The van der Waals surface area contributed by atoms with Crippen molar-refractivity contribution >= 4 is 53.9 Å². The summed E-state index contributed by atoms with van der Waals surface area (Å²) in [5, 5.41) is 12.6. The van der Waals surface area contributed by atoms with E-state index in [0.29, 0.717) is 0 Å². The SMILES string of the molecule is c1ccc2c(c1)ccc1ccc(-c3nccc4c3ccc3c5ccccc5ccc43)cc12. The van der Waals surface area contributed by atoms with Crippen LogP contribution in [0.3, 0.4) is 0 Å². The van der Waals surface area contributed by atoms with Crippen molar-refractivity contribution in [2.45, 2.75) is 0 Å². The van der Waals surface area contributed by atoms with Gasteiger partial charge >= 0.3 is 0 Å². The number of hydrogen-bond acceptors (Lipinski definition) is 1. The van der Waals surface area contributed by atoms with Crippen LogP contribution in [0.25, 0.3) is 65.1 Å². The highest BCUT2D eigenvalue weighted by atomic mass is 14.7. The van der Waals surface area contributed by atoms with Crippen LogP contribution < -0.4 is 0 Å². The molecule has 148 valence electrons. The number of nitrogens with zero attached hydrogens (tertiary/aromatic N) is 1. The molecule has 7 rings (SSSR count). The Morgan fingerprint density at radius 2 is 0.906 bits per heavy atom. The van der Waals surface area contributed by atoms with E-state index in [4.69, 9.17) is 4.98 Å². The molecule has 0 aliphatic heterocycles. The molecule has 0 aliphatic rings. The predicted octanol–water partition coefficient (Wildman–Crippen LogP) is 8.51. The Bertz CT molecular complexity index is 1830. The lowest BCUT2D eigenvalue weighted by Gasteiger charge is -2.12. The van der Waals surface area contributed by atoms with E-state index in [9.17, 15) is 0 Å². The van der Waals surface area contributed by atoms with Gasteiger partial charge in [-0.1, -0.05) is 97.1 Å². The molecule has 0 saturated carbocycles. The zero-order valence-corrected chi connectivity index (χ0v) is 17.4. The lowest BCUT2D eigenvalue weighted by molar-refractivity contribution is 1.36. The van der Waals surface area contributed by atoms with Gasteiger partial charge in [-0.3, -0.25) is 4.98 Å². The molecule has 6 aromatic carbocycles. The van der Waals surface area contributed by atoms with Gasteiger partial charge in [0, 0.05) is 17.1 Å². The maximum atomic E-state index is 4.83. The van der Waals surface area contributed by atoms with Gasteiger partial charge in [-0.05, 0) is 60.6 Å². The lowest BCUT2D eigenvalue weighted by atomic mass is 9.94. The van der Waals surface area contributed by atoms with Gasteiger partial charge in [-0.15, -0.1) is 0 Å². The first-order chi connectivity index (χ1) is 15.9. The summed E-state index contributed by atoms with van der Waals surface area (Å²) in [6, 6.07) is 39.4. The van der Waals surface area contributed by atoms with Gasteiger partial charge in [0.25, 0.3) is 0 Å². The molecule has 0 bridgehead atoms. The van der Waals surface area contributed by atoms with Crippen LogP contribution in [0, 0.1) is 0 Å². The first kappa shape index (κ1) is 17.5. The molecule has 7 aromatic rings. The minimum absolute atomic E-state index is 1.03. The Morgan fingerprint density at radius 3 is 1.72 bits per heavy atom. The second-order valence-corrected chi connectivity index (χ2v) is 8.42. The Hall–Kier alpha value is -4.23. The maximum Gasteiger partial charge on any atom is 0.0780 e. The largest absolute Gasteiger partial charge is 0.256 e. The zero-order chi connectivity index (χ0) is 21.1. The monoisotopic (exact) mass is 405 g/mol. The highest BCUT2D eigenvalue weighted by Crippen LogP contribution is 2.36. The summed E-state index contributed by atoms with van der Waals surface area (Å²) in [5.74, 6) is 0. The van der Waals surface area contributed by atoms with E-state index in [0.717, 1.165) is 11.3 Å². The van der Waals surface area contributed by atoms with Crippen LogP contribution in [-0.4, -0.2) is 4.98 Å². The minimum atomic E-state index is 1.03. The van der Waals surface area contributed by atoms with Crippen molar-refractivity contribution in [1.29, 1.82) is 0 Å². The molecule has 0 atom stereocenters. The summed E-state index contributed by atoms with van der Waals surface area (Å²) in [5.41, 5.74) is 2.19. The van der Waals surface area contributed by atoms with Crippen molar-refractivity contribution in [2.24, 2.45) is 0 Å². The summed E-state index contributed by atoms with van der Waals surface area (Å²) in [6.45, 7) is 0. The standard InChI is InChI=1S/C31H19N/c1-3-7-24-21(6-1)13-14-27-26(24)15-16-29-28(27)17-18-32-31(29)23-12-11-22-10-9-20-5-2-4-8-25(20)30(22)19-23/h1-19H. The van der Waals surface area contributed by atoms with Crippen molar-refractivity contribution in [3.8, 4) is 11.3 Å². The van der Waals surface area contributed by atoms with E-state index in [2.05, 4.69) is 109 Å². The minimum Gasteiger partial charge on any atom is -0.256 e. The van der Waals surface area contributed by atoms with Crippen LogP contribution >= 0.6 is 0 Å². The number of aromatic nitrogens is 1. The lowest BCUT2D eigenvalue weighted by Crippen LogP contribution is -1.88. The molecule has 0 radical (unpaired) electrons. The topological polar surface area (TPSA) is 12.9 Å². The fourth-order valence-electron chi connectivity index (χ4n) is 5.13. The van der Waals surface area contributed by atoms with Gasteiger partial charge in [0.1, 0.15) is 0 Å². The summed E-state index contributed by atoms with van der Waals surface area (Å²) < 4.78 is 0. The van der Waals surface area contributed by atoms with E-state index in [1.54, 1.807) is 0 Å². The smallest absolute Gasteiger partial charge is 0.0780 e. The van der Waals surface area contributed by atoms with E-state index in [-0.39, 0.29) is 0 Å². The highest BCUT2D eigenvalue weighted by molar-refractivity contribution is 6.19. The fraction of sp³-hybridized carbons (Fsp3) is 0. The zero-order valence-electron chi connectivity index (χ0n) is 17.4. The third-order valence-corrected chi connectivity index (χ3v) is 6.69. The van der Waals surface area contributed by atoms with Crippen LogP contribution in [0.4, 0.5) is 0 Å². The molecule has 1 heteroatoms. The number of pyridine rings is 1. The number of fused-ring (bicyclic) bond motifs is 8. The second-order valence-electron chi connectivity index (χ2n) is 8.42. The summed E-state index contributed by atoms with van der Waals surface area (Å²) in [7, 11) is 0. The predicted molar refractivity (Wildman–Crippen MR) is 137 cm³/mol. The average molecular weight is 406 g/mol. The quantitative estimate of drug-likeness (QED) is 0.249. The van der Waals surface area contributed by atoms with E-state index in [1.165, 1.54) is 53.9 Å². The number of benzene rings is 6. The highest BCUT2D eigenvalue weighted by Gasteiger charge is 2.11. The molecule has 0 spiro atoms. The molecular weight excluding hydrogens is 386 g/mol. The Morgan fingerprint density at radius 1 is 0.375 bits per heavy atom. The van der Waals surface area contributed by atoms with E-state index < -0.39 is 0 Å². The van der Waals surface area contributed by atoms with Crippen molar-refractivity contribution in [2.75, 3.05) is 0 Å². The number of hydrogen-bond donors (Lipinski definition) is 0. The van der Waals surface area contributed by atoms with E-state index >= 15 is 0 Å². The summed E-state index contributed by atoms with van der Waals surface area (Å²) >= 11 is 0. The molecular formula is C31H19N. The average Bonchev–Trinajstić information content (AvgIpc) is 2.87. The van der Waals surface area contributed by atoms with Crippen LogP contribution in [0.5, 0.6) is 0 Å². The second kappa shape index (κ2) is 6.63. The van der Waals surface area contributed by atoms with Crippen LogP contribution in [0.1, 0.15) is 0 Å². The normalized spacial score (nSPS) is 11.8. The van der Waals surface area contributed by atoms with Gasteiger partial charge in [0.05, 0.1) is 5.69 Å². The molecule has 1 nitrogen and oxygen atoms in total. The Kier molecular flexibility index (Phi) is 3.62. The van der Waals surface area contributed by atoms with Crippen LogP contribution in [-0.2, 0) is 0 Å². The van der Waals surface area contributed by atoms with Crippen LogP contribution in [0.15, 0.2) is 115 Å². The molecule has 0 fully saturated rings. The molecule has 0 N–H and O–H groups in total. The van der Waals surface area contributed by atoms with Gasteiger partial charge < -0.3 is 0 Å². The van der Waals surface area contributed by atoms with Gasteiger partial charge in [0.15, 0.2) is 0 Å². The molecule has 0 saturated heterocycles. The molecule has 1 aromatic heterocycles. The summed E-state index contributed by atoms with van der Waals surface area (Å²) in [6.07, 6.45) is 1.94. The first-order valence-electron chi connectivity index (χ1n) is 11.0. The molecule has 1 heterocycles. The van der Waals surface area contributed by atoms with Gasteiger partial charge in [-0.25, -0.2) is 0 Å². The Balaban J connectivity index is 1.53. The molecule has 32 heavy (non-hydrogen) atoms. The number of rotatable bonds is 1. The van der Waals surface area contributed by atoms with Crippen LogP contribution in [0.2, 0.25) is 0 Å². The van der Waals surface area contributed by atoms with Crippen molar-refractivity contribution in [3.63, 3.8) is 0 Å². The summed E-state index contributed by atoms with van der Waals surface area (Å²) in [4.78, 5) is 4.83. The fourth-order valence-corrected chi connectivity index (χ4v) is 5.13. The molecule has 0 unspecified atom stereocenters.